The van der Waals surface area contributed by atoms with E-state index in [1.165, 1.54) is 16.7 Å². The highest BCUT2D eigenvalue weighted by atomic mass is 14.2. The molecule has 0 saturated carbocycles. The molecule has 0 aliphatic carbocycles. The molecule has 1 aromatic carbocycles. The molecule has 0 heteroatoms. The summed E-state index contributed by atoms with van der Waals surface area (Å²) in [7, 11) is 0. The topological polar surface area (TPSA) is 0 Å². The summed E-state index contributed by atoms with van der Waals surface area (Å²) in [4.78, 5) is 0. The lowest BCUT2D eigenvalue weighted by Gasteiger charge is -2.23. The maximum Gasteiger partial charge on any atom is -0.00129 e. The van der Waals surface area contributed by atoms with Gasteiger partial charge in [0.2, 0.25) is 0 Å². The first kappa shape index (κ1) is 15.0. The molecule has 1 atom stereocenters. The van der Waals surface area contributed by atoms with Crippen LogP contribution in [-0.2, 0) is 11.8 Å². The van der Waals surface area contributed by atoms with E-state index in [-0.39, 0.29) is 5.41 Å². The predicted molar refractivity (Wildman–Crippen MR) is 82.3 cm³/mol. The molecule has 1 aromatic rings. The Hall–Kier alpha value is -1.04. The fourth-order valence-electron chi connectivity index (χ4n) is 2.14. The Morgan fingerprint density at radius 3 is 2.17 bits per heavy atom. The van der Waals surface area contributed by atoms with E-state index in [9.17, 15) is 0 Å². The van der Waals surface area contributed by atoms with Gasteiger partial charge in [0, 0.05) is 0 Å². The Morgan fingerprint density at radius 1 is 1.11 bits per heavy atom. The smallest absolute Gasteiger partial charge is 0.00129 e. The summed E-state index contributed by atoms with van der Waals surface area (Å²) in [6.07, 6.45) is 3.18. The van der Waals surface area contributed by atoms with Gasteiger partial charge in [-0.15, -0.1) is 6.58 Å². The fraction of sp³-hybridized carbons (Fsp3) is 0.556. The van der Waals surface area contributed by atoms with Crippen LogP contribution in [0.4, 0.5) is 0 Å². The SMILES string of the molecule is C=CC(C)c1cc(CC(C)C)cc(C(C)(C)C)c1. The van der Waals surface area contributed by atoms with Gasteiger partial charge in [-0.05, 0) is 40.4 Å². The Labute approximate surface area is 113 Å². The van der Waals surface area contributed by atoms with Gasteiger partial charge < -0.3 is 0 Å². The summed E-state index contributed by atoms with van der Waals surface area (Å²) in [5.41, 5.74) is 4.50. The van der Waals surface area contributed by atoms with Crippen LogP contribution < -0.4 is 0 Å². The van der Waals surface area contributed by atoms with Crippen molar-refractivity contribution in [3.05, 3.63) is 47.5 Å². The van der Waals surface area contributed by atoms with E-state index in [4.69, 9.17) is 0 Å². The van der Waals surface area contributed by atoms with E-state index in [0.29, 0.717) is 11.8 Å². The summed E-state index contributed by atoms with van der Waals surface area (Å²) in [6, 6.07) is 7.07. The molecule has 18 heavy (non-hydrogen) atoms. The van der Waals surface area contributed by atoms with Crippen molar-refractivity contribution in [3.63, 3.8) is 0 Å². The second-order valence-electron chi connectivity index (χ2n) is 6.84. The molecule has 0 spiro atoms. The molecule has 0 radical (unpaired) electrons. The molecule has 0 aromatic heterocycles. The maximum absolute atomic E-state index is 3.92. The van der Waals surface area contributed by atoms with Gasteiger partial charge in [-0.3, -0.25) is 0 Å². The van der Waals surface area contributed by atoms with Gasteiger partial charge in [0.15, 0.2) is 0 Å². The lowest BCUT2D eigenvalue weighted by Crippen LogP contribution is -2.13. The molecular weight excluding hydrogens is 216 g/mol. The van der Waals surface area contributed by atoms with Crippen molar-refractivity contribution in [3.8, 4) is 0 Å². The Bertz CT molecular complexity index is 405. The highest BCUT2D eigenvalue weighted by Crippen LogP contribution is 2.28. The van der Waals surface area contributed by atoms with E-state index in [1.807, 2.05) is 6.08 Å². The molecular formula is C18H28. The molecule has 0 aliphatic heterocycles. The summed E-state index contributed by atoms with van der Waals surface area (Å²) in [5, 5.41) is 0. The quantitative estimate of drug-likeness (QED) is 0.616. The minimum absolute atomic E-state index is 0.211. The summed E-state index contributed by atoms with van der Waals surface area (Å²) < 4.78 is 0. The van der Waals surface area contributed by atoms with Crippen molar-refractivity contribution in [2.24, 2.45) is 5.92 Å². The van der Waals surface area contributed by atoms with E-state index in [2.05, 4.69) is 66.3 Å². The fourth-order valence-corrected chi connectivity index (χ4v) is 2.14. The van der Waals surface area contributed by atoms with Crippen LogP contribution in [0.5, 0.6) is 0 Å². The first-order valence-electron chi connectivity index (χ1n) is 7.01. The summed E-state index contributed by atoms with van der Waals surface area (Å²) >= 11 is 0. The molecule has 100 valence electrons. The Balaban J connectivity index is 3.24. The largest absolute Gasteiger partial charge is 0.102 e. The summed E-state index contributed by atoms with van der Waals surface area (Å²) in [6.45, 7) is 17.5. The maximum atomic E-state index is 3.92. The van der Waals surface area contributed by atoms with Gasteiger partial charge in [0.1, 0.15) is 0 Å². The van der Waals surface area contributed by atoms with Gasteiger partial charge >= 0.3 is 0 Å². The van der Waals surface area contributed by atoms with Crippen molar-refractivity contribution < 1.29 is 0 Å². The van der Waals surface area contributed by atoms with Crippen molar-refractivity contribution in [2.45, 2.75) is 59.3 Å². The van der Waals surface area contributed by atoms with Gasteiger partial charge in [-0.25, -0.2) is 0 Å². The third kappa shape index (κ3) is 4.01. The molecule has 0 aliphatic rings. The number of allylic oxidation sites excluding steroid dienone is 1. The van der Waals surface area contributed by atoms with Gasteiger partial charge in [0.25, 0.3) is 0 Å². The lowest BCUT2D eigenvalue weighted by atomic mass is 9.82. The van der Waals surface area contributed by atoms with Crippen molar-refractivity contribution in [2.75, 3.05) is 0 Å². The van der Waals surface area contributed by atoms with E-state index < -0.39 is 0 Å². The zero-order valence-corrected chi connectivity index (χ0v) is 12.9. The second kappa shape index (κ2) is 5.73. The van der Waals surface area contributed by atoms with Crippen molar-refractivity contribution in [1.82, 2.24) is 0 Å². The zero-order valence-electron chi connectivity index (χ0n) is 12.9. The van der Waals surface area contributed by atoms with Gasteiger partial charge in [0.05, 0.1) is 0 Å². The average molecular weight is 244 g/mol. The highest BCUT2D eigenvalue weighted by Gasteiger charge is 2.16. The van der Waals surface area contributed by atoms with Gasteiger partial charge in [-0.2, -0.15) is 0 Å². The monoisotopic (exact) mass is 244 g/mol. The van der Waals surface area contributed by atoms with E-state index >= 15 is 0 Å². The Morgan fingerprint density at radius 2 is 1.72 bits per heavy atom. The molecule has 0 bridgehead atoms. The van der Waals surface area contributed by atoms with Crippen LogP contribution >= 0.6 is 0 Å². The average Bonchev–Trinajstić information content (AvgIpc) is 2.25. The van der Waals surface area contributed by atoms with E-state index in [1.54, 1.807) is 0 Å². The molecule has 0 fully saturated rings. The lowest BCUT2D eigenvalue weighted by molar-refractivity contribution is 0.584. The van der Waals surface area contributed by atoms with Gasteiger partial charge in [-0.1, -0.05) is 65.8 Å². The molecule has 1 rings (SSSR count). The molecule has 0 N–H and O–H groups in total. The molecule has 0 saturated heterocycles. The Kier molecular flexibility index (Phi) is 4.78. The van der Waals surface area contributed by atoms with Crippen molar-refractivity contribution in [1.29, 1.82) is 0 Å². The molecule has 0 heterocycles. The molecule has 0 nitrogen and oxygen atoms in total. The minimum atomic E-state index is 0.211. The van der Waals surface area contributed by atoms with Crippen LogP contribution in [0.25, 0.3) is 0 Å². The number of rotatable bonds is 4. The van der Waals surface area contributed by atoms with E-state index in [0.717, 1.165) is 6.42 Å². The predicted octanol–water partition coefficient (Wildman–Crippen LogP) is 5.47. The standard InChI is InChI=1S/C18H28/c1-8-14(4)16-10-15(9-13(2)3)11-17(12-16)18(5,6)7/h8,10-14H,1,9H2,2-7H3. The normalized spacial score (nSPS) is 13.7. The summed E-state index contributed by atoms with van der Waals surface area (Å²) in [5.74, 6) is 1.13. The van der Waals surface area contributed by atoms with Crippen LogP contribution in [0.15, 0.2) is 30.9 Å². The van der Waals surface area contributed by atoms with Crippen LogP contribution in [-0.4, -0.2) is 0 Å². The first-order valence-corrected chi connectivity index (χ1v) is 7.01. The second-order valence-corrected chi connectivity index (χ2v) is 6.84. The van der Waals surface area contributed by atoms with Crippen molar-refractivity contribution >= 4 is 0 Å². The first-order chi connectivity index (χ1) is 8.24. The third-order valence-electron chi connectivity index (χ3n) is 3.40. The number of benzene rings is 1. The van der Waals surface area contributed by atoms with Crippen LogP contribution in [0, 0.1) is 5.92 Å². The number of hydrogen-bond donors (Lipinski definition) is 0. The highest BCUT2D eigenvalue weighted by molar-refractivity contribution is 5.37. The number of hydrogen-bond acceptors (Lipinski definition) is 0. The third-order valence-corrected chi connectivity index (χ3v) is 3.40. The van der Waals surface area contributed by atoms with Crippen LogP contribution in [0.1, 0.15) is 64.2 Å². The molecule has 0 amide bonds. The minimum Gasteiger partial charge on any atom is -0.102 e. The van der Waals surface area contributed by atoms with Crippen LogP contribution in [0.3, 0.4) is 0 Å². The van der Waals surface area contributed by atoms with Crippen LogP contribution in [0.2, 0.25) is 0 Å². The molecule has 1 unspecified atom stereocenters. The zero-order chi connectivity index (χ0) is 13.9.